The molecule has 1 aromatic carbocycles. The van der Waals surface area contributed by atoms with E-state index in [1.165, 1.54) is 17.0 Å². The summed E-state index contributed by atoms with van der Waals surface area (Å²) in [5, 5.41) is 2.57. The van der Waals surface area contributed by atoms with E-state index in [1.54, 1.807) is 13.8 Å². The Labute approximate surface area is 179 Å². The predicted molar refractivity (Wildman–Crippen MR) is 108 cm³/mol. The molecule has 0 saturated carbocycles. The van der Waals surface area contributed by atoms with E-state index < -0.39 is 43.4 Å². The molecule has 11 heteroatoms. The van der Waals surface area contributed by atoms with E-state index in [0.717, 1.165) is 17.7 Å². The normalized spacial score (nSPS) is 17.0. The lowest BCUT2D eigenvalue weighted by Gasteiger charge is -2.35. The molecule has 1 fully saturated rings. The van der Waals surface area contributed by atoms with Crippen LogP contribution in [-0.2, 0) is 20.3 Å². The van der Waals surface area contributed by atoms with Crippen LogP contribution in [0.5, 0.6) is 0 Å². The van der Waals surface area contributed by atoms with Crippen molar-refractivity contribution in [3.63, 3.8) is 0 Å². The molecule has 1 aliphatic heterocycles. The van der Waals surface area contributed by atoms with Crippen LogP contribution in [0.4, 0.5) is 13.2 Å². The Balaban J connectivity index is 2.01. The highest BCUT2D eigenvalue weighted by molar-refractivity contribution is 7.51. The quantitative estimate of drug-likeness (QED) is 0.538. The predicted octanol–water partition coefficient (Wildman–Crippen LogP) is 3.12. The smallest absolute Gasteiger partial charge is 0.344 e. The van der Waals surface area contributed by atoms with E-state index in [4.69, 9.17) is 9.79 Å². The van der Waals surface area contributed by atoms with Crippen molar-refractivity contribution in [3.05, 3.63) is 35.4 Å². The molecule has 1 atom stereocenters. The molecule has 31 heavy (non-hydrogen) atoms. The number of carbonyl (C=O) groups is 2. The van der Waals surface area contributed by atoms with Crippen LogP contribution >= 0.6 is 7.60 Å². The van der Waals surface area contributed by atoms with Crippen LogP contribution in [0.3, 0.4) is 0 Å². The number of likely N-dealkylation sites (tertiary alicyclic amines) is 1. The summed E-state index contributed by atoms with van der Waals surface area (Å²) >= 11 is 0. The monoisotopic (exact) mass is 464 g/mol. The lowest BCUT2D eigenvalue weighted by Crippen LogP contribution is -2.51. The summed E-state index contributed by atoms with van der Waals surface area (Å²) < 4.78 is 49.4. The lowest BCUT2D eigenvalue weighted by molar-refractivity contribution is -0.138. The van der Waals surface area contributed by atoms with Crippen molar-refractivity contribution < 1.29 is 37.1 Å². The number of amides is 2. The number of halogens is 3. The van der Waals surface area contributed by atoms with Gasteiger partial charge in [0.05, 0.1) is 11.7 Å². The highest BCUT2D eigenvalue weighted by atomic mass is 31.2. The Morgan fingerprint density at radius 1 is 1.16 bits per heavy atom. The molecular formula is C20H28F3N2O5P. The van der Waals surface area contributed by atoms with Crippen molar-refractivity contribution in [2.24, 2.45) is 5.92 Å². The fourth-order valence-electron chi connectivity index (χ4n) is 3.49. The second kappa shape index (κ2) is 10.1. The number of alkyl halides is 3. The number of piperidine rings is 1. The van der Waals surface area contributed by atoms with Crippen molar-refractivity contribution in [3.8, 4) is 0 Å². The summed E-state index contributed by atoms with van der Waals surface area (Å²) in [4.78, 5) is 44.8. The van der Waals surface area contributed by atoms with Crippen LogP contribution < -0.4 is 5.32 Å². The summed E-state index contributed by atoms with van der Waals surface area (Å²) in [6, 6.07) is 3.97. The van der Waals surface area contributed by atoms with Gasteiger partial charge in [-0.15, -0.1) is 0 Å². The van der Waals surface area contributed by atoms with E-state index >= 15 is 0 Å². The third-order valence-electron chi connectivity index (χ3n) is 5.36. The zero-order valence-corrected chi connectivity index (χ0v) is 18.3. The van der Waals surface area contributed by atoms with E-state index in [2.05, 4.69) is 5.32 Å². The molecule has 0 bridgehead atoms. The topological polar surface area (TPSA) is 107 Å². The molecule has 7 nitrogen and oxygen atoms in total. The standard InChI is InChI=1S/C20H28F3N2O5P/c1-13(2)18(26)24-17(9-12-31(28,29)30)19(27)25-10-7-15(8-11-25)14-3-5-16(6-4-14)20(21,22)23/h3-6,13,15,17H,7-12H2,1-2H3,(H,24,26)(H2,28,29,30)/t17-/m0/s1. The Bertz CT molecular complexity index is 815. The first-order chi connectivity index (χ1) is 14.3. The summed E-state index contributed by atoms with van der Waals surface area (Å²) in [6.07, 6.45) is -4.01. The van der Waals surface area contributed by atoms with Gasteiger partial charge in [0.1, 0.15) is 6.04 Å². The molecule has 0 aromatic heterocycles. The minimum Gasteiger partial charge on any atom is -0.344 e. The number of benzene rings is 1. The Morgan fingerprint density at radius 3 is 2.16 bits per heavy atom. The van der Waals surface area contributed by atoms with Gasteiger partial charge < -0.3 is 20.0 Å². The molecule has 0 spiro atoms. The first kappa shape index (κ1) is 25.4. The highest BCUT2D eigenvalue weighted by Crippen LogP contribution is 2.36. The summed E-state index contributed by atoms with van der Waals surface area (Å²) in [5.74, 6) is -1.18. The van der Waals surface area contributed by atoms with Gasteiger partial charge in [-0.1, -0.05) is 26.0 Å². The molecular weight excluding hydrogens is 436 g/mol. The SMILES string of the molecule is CC(C)C(=O)N[C@@H](CCP(=O)(O)O)C(=O)N1CCC(c2ccc(C(F)(F)F)cc2)CC1. The second-order valence-electron chi connectivity index (χ2n) is 8.11. The molecule has 1 heterocycles. The minimum absolute atomic E-state index is 0.00476. The van der Waals surface area contributed by atoms with Crippen LogP contribution in [0, 0.1) is 5.92 Å². The van der Waals surface area contributed by atoms with E-state index in [9.17, 15) is 27.3 Å². The number of rotatable bonds is 7. The first-order valence-electron chi connectivity index (χ1n) is 10.1. The van der Waals surface area contributed by atoms with Crippen molar-refractivity contribution >= 4 is 19.4 Å². The number of nitrogens with one attached hydrogen (secondary N) is 1. The third-order valence-corrected chi connectivity index (χ3v) is 6.20. The fourth-order valence-corrected chi connectivity index (χ4v) is 4.09. The van der Waals surface area contributed by atoms with Gasteiger partial charge in [-0.05, 0) is 42.9 Å². The fraction of sp³-hybridized carbons (Fsp3) is 0.600. The zero-order chi connectivity index (χ0) is 23.4. The summed E-state index contributed by atoms with van der Waals surface area (Å²) in [6.45, 7) is 3.98. The van der Waals surface area contributed by atoms with Crippen LogP contribution in [0.2, 0.25) is 0 Å². The molecule has 0 radical (unpaired) electrons. The molecule has 2 rings (SSSR count). The van der Waals surface area contributed by atoms with Gasteiger partial charge >= 0.3 is 13.8 Å². The molecule has 1 aliphatic rings. The highest BCUT2D eigenvalue weighted by Gasteiger charge is 2.33. The van der Waals surface area contributed by atoms with Crippen molar-refractivity contribution in [2.45, 2.75) is 51.2 Å². The van der Waals surface area contributed by atoms with Gasteiger partial charge in [-0.3, -0.25) is 14.2 Å². The Morgan fingerprint density at radius 2 is 1.71 bits per heavy atom. The van der Waals surface area contributed by atoms with Gasteiger partial charge in [0.2, 0.25) is 11.8 Å². The maximum Gasteiger partial charge on any atom is 0.416 e. The first-order valence-corrected chi connectivity index (χ1v) is 11.9. The molecule has 0 unspecified atom stereocenters. The Kier molecular flexibility index (Phi) is 8.30. The van der Waals surface area contributed by atoms with Gasteiger partial charge in [0, 0.05) is 19.0 Å². The zero-order valence-electron chi connectivity index (χ0n) is 17.4. The molecule has 1 saturated heterocycles. The third kappa shape index (κ3) is 7.63. The maximum absolute atomic E-state index is 12.9. The van der Waals surface area contributed by atoms with Gasteiger partial charge in [0.25, 0.3) is 0 Å². The summed E-state index contributed by atoms with van der Waals surface area (Å²) in [5.41, 5.74) is 0.0592. The van der Waals surface area contributed by atoms with E-state index in [0.29, 0.717) is 25.9 Å². The number of hydrogen-bond donors (Lipinski definition) is 3. The molecule has 3 N–H and O–H groups in total. The average molecular weight is 464 g/mol. The van der Waals surface area contributed by atoms with Crippen molar-refractivity contribution in [1.29, 1.82) is 0 Å². The number of nitrogens with zero attached hydrogens (tertiary/aromatic N) is 1. The molecule has 174 valence electrons. The van der Waals surface area contributed by atoms with Crippen LogP contribution in [-0.4, -0.2) is 51.8 Å². The van der Waals surface area contributed by atoms with Gasteiger partial charge in [-0.25, -0.2) is 0 Å². The number of hydrogen-bond acceptors (Lipinski definition) is 3. The molecule has 0 aliphatic carbocycles. The van der Waals surface area contributed by atoms with Gasteiger partial charge in [-0.2, -0.15) is 13.2 Å². The largest absolute Gasteiger partial charge is 0.416 e. The van der Waals surface area contributed by atoms with E-state index in [-0.39, 0.29) is 18.2 Å². The Hall–Kier alpha value is -1.90. The van der Waals surface area contributed by atoms with Gasteiger partial charge in [0.15, 0.2) is 0 Å². The van der Waals surface area contributed by atoms with Crippen LogP contribution in [0.1, 0.15) is 50.2 Å². The molecule has 1 aromatic rings. The van der Waals surface area contributed by atoms with Crippen molar-refractivity contribution in [1.82, 2.24) is 10.2 Å². The number of carbonyl (C=O) groups excluding carboxylic acids is 2. The second-order valence-corrected chi connectivity index (χ2v) is 9.89. The van der Waals surface area contributed by atoms with Crippen LogP contribution in [0.15, 0.2) is 24.3 Å². The lowest BCUT2D eigenvalue weighted by atomic mass is 9.88. The van der Waals surface area contributed by atoms with Crippen molar-refractivity contribution in [2.75, 3.05) is 19.3 Å². The maximum atomic E-state index is 12.9. The minimum atomic E-state index is -4.39. The molecule has 2 amide bonds. The van der Waals surface area contributed by atoms with Crippen LogP contribution in [0.25, 0.3) is 0 Å². The summed E-state index contributed by atoms with van der Waals surface area (Å²) in [7, 11) is -4.33. The van der Waals surface area contributed by atoms with E-state index in [1.807, 2.05) is 0 Å². The average Bonchev–Trinajstić information content (AvgIpc) is 2.69.